The van der Waals surface area contributed by atoms with E-state index in [1.54, 1.807) is 23.6 Å². The van der Waals surface area contributed by atoms with Crippen molar-refractivity contribution in [3.63, 3.8) is 0 Å². The molecule has 3 unspecified atom stereocenters. The minimum atomic E-state index is -0.765. The van der Waals surface area contributed by atoms with Crippen molar-refractivity contribution in [2.45, 2.75) is 101 Å². The molecule has 3 saturated heterocycles. The summed E-state index contributed by atoms with van der Waals surface area (Å²) in [7, 11) is 0. The second-order valence-corrected chi connectivity index (χ2v) is 15.0. The van der Waals surface area contributed by atoms with Crippen LogP contribution in [0.2, 0.25) is 0 Å². The Labute approximate surface area is 216 Å². The van der Waals surface area contributed by atoms with Crippen LogP contribution >= 0.6 is 27.7 Å². The third kappa shape index (κ3) is 4.77. The van der Waals surface area contributed by atoms with Crippen LogP contribution in [-0.2, 0) is 19.1 Å². The Balaban J connectivity index is 2.07. The van der Waals surface area contributed by atoms with E-state index in [9.17, 15) is 19.5 Å². The van der Waals surface area contributed by atoms with Gasteiger partial charge in [-0.2, -0.15) is 0 Å². The predicted molar refractivity (Wildman–Crippen MR) is 138 cm³/mol. The number of halogens is 1. The van der Waals surface area contributed by atoms with Gasteiger partial charge in [-0.1, -0.05) is 50.5 Å². The Kier molecular flexibility index (Phi) is 7.83. The van der Waals surface area contributed by atoms with Crippen LogP contribution in [0.3, 0.4) is 0 Å². The normalized spacial score (nSPS) is 33.9. The van der Waals surface area contributed by atoms with Gasteiger partial charge in [0, 0.05) is 15.6 Å². The van der Waals surface area contributed by atoms with E-state index >= 15 is 0 Å². The predicted octanol–water partition coefficient (Wildman–Crippen LogP) is 3.36. The quantitative estimate of drug-likeness (QED) is 0.349. The minimum absolute atomic E-state index is 0.000387. The maximum absolute atomic E-state index is 14.0. The van der Waals surface area contributed by atoms with Crippen molar-refractivity contribution >= 4 is 45.5 Å². The van der Waals surface area contributed by atoms with Gasteiger partial charge >= 0.3 is 5.97 Å². The Morgan fingerprint density at radius 2 is 1.91 bits per heavy atom. The molecule has 0 aliphatic carbocycles. The van der Waals surface area contributed by atoms with Gasteiger partial charge in [0.1, 0.15) is 6.04 Å². The van der Waals surface area contributed by atoms with Crippen molar-refractivity contribution in [2.24, 2.45) is 23.2 Å². The van der Waals surface area contributed by atoms with E-state index in [0.717, 1.165) is 6.42 Å². The van der Waals surface area contributed by atoms with E-state index in [2.05, 4.69) is 42.0 Å². The molecule has 34 heavy (non-hydrogen) atoms. The summed E-state index contributed by atoms with van der Waals surface area (Å²) in [5, 5.41) is 13.4. The standard InChI is InChI=1S/C25H41BrN2O5S/c1-9-33-22(32)16-17-21(31)28(15(11-29)13(2)3)19(25(17)10-14(26)18(16)34-25)20(30)27-24(7,8)12-23(4,5)6/h13-19,29H,9-12H2,1-8H3,(H,27,30)/t14?,15-,16-,17-,18-,19?,25?/m0/s1. The first kappa shape index (κ1) is 27.8. The summed E-state index contributed by atoms with van der Waals surface area (Å²) >= 11 is 5.34. The SMILES string of the molecule is CCOC(=O)[C@H]1[C@H]2C(=O)N([C@@H](CO)C(C)C)C(C(=O)NC(C)(C)CC(C)(C)C)C23CC(Br)[C@@H]1S3. The molecular formula is C25H41BrN2O5S. The molecule has 1 spiro atoms. The number of ether oxygens (including phenoxy) is 1. The van der Waals surface area contributed by atoms with Gasteiger partial charge in [-0.05, 0) is 44.9 Å². The van der Waals surface area contributed by atoms with Crippen LogP contribution in [-0.4, -0.2) is 73.5 Å². The third-order valence-electron chi connectivity index (χ3n) is 7.28. The number of aliphatic hydroxyl groups excluding tert-OH is 1. The van der Waals surface area contributed by atoms with Gasteiger partial charge < -0.3 is 20.1 Å². The summed E-state index contributed by atoms with van der Waals surface area (Å²) < 4.78 is 4.65. The highest BCUT2D eigenvalue weighted by molar-refractivity contribution is 9.09. The number of amides is 2. The molecule has 0 radical (unpaired) electrons. The number of carbonyl (C=O) groups excluding carboxylic acids is 3. The highest BCUT2D eigenvalue weighted by Gasteiger charge is 2.76. The fourth-order valence-corrected chi connectivity index (χ4v) is 10.2. The molecule has 194 valence electrons. The lowest BCUT2D eigenvalue weighted by Gasteiger charge is -2.41. The number of aliphatic hydroxyl groups is 1. The van der Waals surface area contributed by atoms with Crippen LogP contribution in [0.25, 0.3) is 0 Å². The summed E-state index contributed by atoms with van der Waals surface area (Å²) in [5.41, 5.74) is -0.480. The summed E-state index contributed by atoms with van der Waals surface area (Å²) in [4.78, 5) is 42.7. The van der Waals surface area contributed by atoms with Gasteiger partial charge in [0.05, 0.1) is 35.8 Å². The molecule has 3 aliphatic rings. The first-order valence-electron chi connectivity index (χ1n) is 12.3. The fourth-order valence-electron chi connectivity index (χ4n) is 6.62. The van der Waals surface area contributed by atoms with E-state index in [1.807, 2.05) is 27.7 Å². The second kappa shape index (κ2) is 9.58. The molecule has 3 heterocycles. The van der Waals surface area contributed by atoms with Gasteiger partial charge in [0.2, 0.25) is 11.8 Å². The Morgan fingerprint density at radius 3 is 2.41 bits per heavy atom. The lowest BCUT2D eigenvalue weighted by molar-refractivity contribution is -0.154. The van der Waals surface area contributed by atoms with Crippen molar-refractivity contribution in [1.82, 2.24) is 10.2 Å². The van der Waals surface area contributed by atoms with Crippen LogP contribution < -0.4 is 5.32 Å². The van der Waals surface area contributed by atoms with E-state index < -0.39 is 34.2 Å². The van der Waals surface area contributed by atoms with E-state index in [0.29, 0.717) is 6.42 Å². The average Bonchev–Trinajstić information content (AvgIpc) is 3.24. The van der Waals surface area contributed by atoms with E-state index in [-0.39, 0.29) is 52.4 Å². The number of likely N-dealkylation sites (tertiary alicyclic amines) is 1. The van der Waals surface area contributed by atoms with Crippen molar-refractivity contribution in [1.29, 1.82) is 0 Å². The minimum Gasteiger partial charge on any atom is -0.466 e. The number of fused-ring (bicyclic) bond motifs is 1. The van der Waals surface area contributed by atoms with E-state index in [1.165, 1.54) is 0 Å². The Bertz CT molecular complexity index is 829. The molecule has 3 rings (SSSR count). The zero-order valence-corrected chi connectivity index (χ0v) is 24.1. The molecular weight excluding hydrogens is 520 g/mol. The summed E-state index contributed by atoms with van der Waals surface area (Å²) in [5.74, 6) is -2.08. The summed E-state index contributed by atoms with van der Waals surface area (Å²) in [6, 6.07) is -1.27. The number of rotatable bonds is 8. The van der Waals surface area contributed by atoms with Crippen molar-refractivity contribution in [3.8, 4) is 0 Å². The molecule has 0 aromatic carbocycles. The van der Waals surface area contributed by atoms with Crippen LogP contribution in [0.5, 0.6) is 0 Å². The van der Waals surface area contributed by atoms with Crippen molar-refractivity contribution in [3.05, 3.63) is 0 Å². The number of carbonyl (C=O) groups is 3. The smallest absolute Gasteiger partial charge is 0.310 e. The fraction of sp³-hybridized carbons (Fsp3) is 0.880. The molecule has 2 amide bonds. The lowest BCUT2D eigenvalue weighted by atomic mass is 9.71. The molecule has 7 atom stereocenters. The molecule has 2 bridgehead atoms. The Hall–Kier alpha value is -0.800. The molecule has 0 saturated carbocycles. The third-order valence-corrected chi connectivity index (χ3v) is 10.5. The monoisotopic (exact) mass is 560 g/mol. The first-order chi connectivity index (χ1) is 15.6. The molecule has 0 aromatic rings. The maximum Gasteiger partial charge on any atom is 0.310 e. The van der Waals surface area contributed by atoms with Gasteiger partial charge in [0.15, 0.2) is 0 Å². The lowest BCUT2D eigenvalue weighted by Crippen LogP contribution is -2.61. The number of nitrogens with one attached hydrogen (secondary N) is 1. The van der Waals surface area contributed by atoms with Gasteiger partial charge in [-0.25, -0.2) is 0 Å². The number of hydrogen-bond acceptors (Lipinski definition) is 6. The zero-order chi connectivity index (χ0) is 25.8. The first-order valence-corrected chi connectivity index (χ1v) is 14.1. The molecule has 0 aromatic heterocycles. The topological polar surface area (TPSA) is 95.9 Å². The average molecular weight is 562 g/mol. The molecule has 2 N–H and O–H groups in total. The van der Waals surface area contributed by atoms with Gasteiger partial charge in [-0.3, -0.25) is 14.4 Å². The number of alkyl halides is 1. The molecule has 3 aliphatic heterocycles. The van der Waals surface area contributed by atoms with Crippen molar-refractivity contribution < 1.29 is 24.2 Å². The van der Waals surface area contributed by atoms with Crippen LogP contribution in [0, 0.1) is 23.2 Å². The van der Waals surface area contributed by atoms with Gasteiger partial charge in [-0.15, -0.1) is 11.8 Å². The summed E-state index contributed by atoms with van der Waals surface area (Å²) in [6.07, 6.45) is 1.37. The number of nitrogens with zero attached hydrogens (tertiary/aromatic N) is 1. The Morgan fingerprint density at radius 1 is 1.29 bits per heavy atom. The van der Waals surface area contributed by atoms with Gasteiger partial charge in [0.25, 0.3) is 0 Å². The largest absolute Gasteiger partial charge is 0.466 e. The number of esters is 1. The molecule has 3 fully saturated rings. The van der Waals surface area contributed by atoms with Crippen LogP contribution in [0.15, 0.2) is 0 Å². The second-order valence-electron chi connectivity index (χ2n) is 12.3. The molecule has 7 nitrogen and oxygen atoms in total. The highest BCUT2D eigenvalue weighted by Crippen LogP contribution is 2.68. The highest BCUT2D eigenvalue weighted by atomic mass is 79.9. The number of thioether (sulfide) groups is 1. The number of hydrogen-bond donors (Lipinski definition) is 2. The maximum atomic E-state index is 14.0. The van der Waals surface area contributed by atoms with Crippen LogP contribution in [0.1, 0.15) is 68.2 Å². The molecule has 9 heteroatoms. The summed E-state index contributed by atoms with van der Waals surface area (Å²) in [6.45, 7) is 16.1. The van der Waals surface area contributed by atoms with Crippen molar-refractivity contribution in [2.75, 3.05) is 13.2 Å². The van der Waals surface area contributed by atoms with E-state index in [4.69, 9.17) is 4.74 Å². The van der Waals surface area contributed by atoms with Crippen LogP contribution in [0.4, 0.5) is 0 Å². The zero-order valence-electron chi connectivity index (χ0n) is 21.7.